The Bertz CT molecular complexity index is 1150. The van der Waals surface area contributed by atoms with Gasteiger partial charge < -0.3 is 14.8 Å². The van der Waals surface area contributed by atoms with Crippen molar-refractivity contribution < 1.29 is 9.59 Å². The molecule has 2 amide bonds. The predicted molar refractivity (Wildman–Crippen MR) is 109 cm³/mol. The van der Waals surface area contributed by atoms with Gasteiger partial charge in [0.05, 0.1) is 11.4 Å². The van der Waals surface area contributed by atoms with E-state index >= 15 is 0 Å². The number of amides is 2. The minimum Gasteiger partial charge on any atom is -0.355 e. The number of H-pyrrole nitrogens is 1. The van der Waals surface area contributed by atoms with Gasteiger partial charge >= 0.3 is 0 Å². The summed E-state index contributed by atoms with van der Waals surface area (Å²) < 4.78 is 0. The second-order valence-electron chi connectivity index (χ2n) is 7.38. The molecule has 140 valence electrons. The van der Waals surface area contributed by atoms with Gasteiger partial charge in [0.15, 0.2) is 5.54 Å². The zero-order chi connectivity index (χ0) is 19.5. The SMILES string of the molecule is C=CCN1C(=O)[C@@]2(c3ccccc31)c1[nH]c3ccccc3c1CCN2C(C)=O. The van der Waals surface area contributed by atoms with E-state index in [9.17, 15) is 9.59 Å². The molecule has 0 saturated carbocycles. The summed E-state index contributed by atoms with van der Waals surface area (Å²) in [6, 6.07) is 15.9. The number of fused-ring (bicyclic) bond motifs is 6. The summed E-state index contributed by atoms with van der Waals surface area (Å²) in [4.78, 5) is 33.6. The number of anilines is 1. The third kappa shape index (κ3) is 1.91. The van der Waals surface area contributed by atoms with Crippen molar-refractivity contribution in [3.63, 3.8) is 0 Å². The Kier molecular flexibility index (Phi) is 3.50. The minimum absolute atomic E-state index is 0.101. The van der Waals surface area contributed by atoms with E-state index in [1.54, 1.807) is 22.8 Å². The van der Waals surface area contributed by atoms with Crippen LogP contribution in [-0.4, -0.2) is 34.8 Å². The number of carbonyl (C=O) groups is 2. The number of para-hydroxylation sites is 2. The average molecular weight is 371 g/mol. The molecule has 0 fully saturated rings. The van der Waals surface area contributed by atoms with E-state index in [1.807, 2.05) is 42.5 Å². The first kappa shape index (κ1) is 16.8. The topological polar surface area (TPSA) is 56.4 Å². The van der Waals surface area contributed by atoms with Gasteiger partial charge in [-0.2, -0.15) is 0 Å². The number of carbonyl (C=O) groups excluding carboxylic acids is 2. The summed E-state index contributed by atoms with van der Waals surface area (Å²) in [5.74, 6) is -0.204. The maximum absolute atomic E-state index is 13.9. The largest absolute Gasteiger partial charge is 0.355 e. The molecule has 0 bridgehead atoms. The molecule has 0 unspecified atom stereocenters. The van der Waals surface area contributed by atoms with E-state index in [-0.39, 0.29) is 11.8 Å². The van der Waals surface area contributed by atoms with Gasteiger partial charge in [0, 0.05) is 36.5 Å². The van der Waals surface area contributed by atoms with Gasteiger partial charge in [-0.15, -0.1) is 6.58 Å². The average Bonchev–Trinajstić information content (AvgIpc) is 3.19. The van der Waals surface area contributed by atoms with Gasteiger partial charge in [-0.05, 0) is 24.1 Å². The number of aromatic amines is 1. The first-order chi connectivity index (χ1) is 13.6. The maximum atomic E-state index is 13.9. The Labute approximate surface area is 163 Å². The minimum atomic E-state index is -1.15. The predicted octanol–water partition coefficient (Wildman–Crippen LogP) is 3.35. The number of benzene rings is 2. The van der Waals surface area contributed by atoms with E-state index in [0.717, 1.165) is 39.8 Å². The molecule has 1 spiro atoms. The third-order valence-electron chi connectivity index (χ3n) is 6.00. The third-order valence-corrected chi connectivity index (χ3v) is 6.00. The molecule has 1 aromatic heterocycles. The highest BCUT2D eigenvalue weighted by Gasteiger charge is 2.59. The first-order valence-corrected chi connectivity index (χ1v) is 9.51. The smallest absolute Gasteiger partial charge is 0.264 e. The van der Waals surface area contributed by atoms with Crippen LogP contribution in [0.2, 0.25) is 0 Å². The van der Waals surface area contributed by atoms with Crippen LogP contribution in [-0.2, 0) is 21.5 Å². The molecule has 5 nitrogen and oxygen atoms in total. The van der Waals surface area contributed by atoms with Crippen LogP contribution in [0.15, 0.2) is 61.2 Å². The van der Waals surface area contributed by atoms with Gasteiger partial charge in [-0.25, -0.2) is 0 Å². The fourth-order valence-electron chi connectivity index (χ4n) is 4.94. The molecular formula is C23H21N3O2. The zero-order valence-electron chi connectivity index (χ0n) is 15.7. The molecule has 28 heavy (non-hydrogen) atoms. The number of rotatable bonds is 2. The molecular weight excluding hydrogens is 350 g/mol. The van der Waals surface area contributed by atoms with Crippen molar-refractivity contribution in [1.29, 1.82) is 0 Å². The highest BCUT2D eigenvalue weighted by molar-refractivity contribution is 6.12. The fourth-order valence-corrected chi connectivity index (χ4v) is 4.94. The van der Waals surface area contributed by atoms with Gasteiger partial charge in [0.2, 0.25) is 5.91 Å². The van der Waals surface area contributed by atoms with Gasteiger partial charge in [-0.1, -0.05) is 42.5 Å². The highest BCUT2D eigenvalue weighted by atomic mass is 16.2. The van der Waals surface area contributed by atoms with E-state index in [4.69, 9.17) is 0 Å². The number of nitrogens with zero attached hydrogens (tertiary/aromatic N) is 2. The van der Waals surface area contributed by atoms with Crippen molar-refractivity contribution >= 4 is 28.4 Å². The summed E-state index contributed by atoms with van der Waals surface area (Å²) >= 11 is 0. The van der Waals surface area contributed by atoms with Gasteiger partial charge in [0.1, 0.15) is 0 Å². The van der Waals surface area contributed by atoms with Crippen molar-refractivity contribution in [3.05, 3.63) is 78.0 Å². The monoisotopic (exact) mass is 371 g/mol. The van der Waals surface area contributed by atoms with Gasteiger partial charge in [-0.3, -0.25) is 9.59 Å². The first-order valence-electron chi connectivity index (χ1n) is 9.51. The molecule has 1 atom stereocenters. The number of aromatic nitrogens is 1. The summed E-state index contributed by atoms with van der Waals surface area (Å²) in [7, 11) is 0. The van der Waals surface area contributed by atoms with Crippen molar-refractivity contribution in [3.8, 4) is 0 Å². The molecule has 3 heterocycles. The van der Waals surface area contributed by atoms with E-state index in [0.29, 0.717) is 13.1 Å². The number of nitrogens with one attached hydrogen (secondary N) is 1. The molecule has 2 aromatic carbocycles. The van der Waals surface area contributed by atoms with Crippen molar-refractivity contribution in [2.24, 2.45) is 0 Å². The fraction of sp³-hybridized carbons (Fsp3) is 0.217. The van der Waals surface area contributed by atoms with Crippen LogP contribution in [0.4, 0.5) is 5.69 Å². The highest BCUT2D eigenvalue weighted by Crippen LogP contribution is 2.51. The Morgan fingerprint density at radius 1 is 1.21 bits per heavy atom. The van der Waals surface area contributed by atoms with E-state index in [2.05, 4.69) is 17.6 Å². The Morgan fingerprint density at radius 3 is 2.75 bits per heavy atom. The Balaban J connectivity index is 1.89. The lowest BCUT2D eigenvalue weighted by Crippen LogP contribution is -2.58. The molecule has 0 radical (unpaired) electrons. The van der Waals surface area contributed by atoms with Crippen LogP contribution in [0.25, 0.3) is 10.9 Å². The quantitative estimate of drug-likeness (QED) is 0.703. The van der Waals surface area contributed by atoms with Crippen LogP contribution in [0, 0.1) is 0 Å². The second-order valence-corrected chi connectivity index (χ2v) is 7.38. The lowest BCUT2D eigenvalue weighted by Gasteiger charge is -2.43. The Morgan fingerprint density at radius 2 is 1.96 bits per heavy atom. The molecule has 3 aromatic rings. The van der Waals surface area contributed by atoms with Crippen LogP contribution in [0.3, 0.4) is 0 Å². The molecule has 0 saturated heterocycles. The number of hydrogen-bond donors (Lipinski definition) is 1. The standard InChI is InChI=1S/C23H21N3O2/c1-3-13-25-20-11-7-5-9-18(20)23(22(25)28)21-17(12-14-26(23)15(2)27)16-8-4-6-10-19(16)24-21/h3-11,24H,1,12-14H2,2H3/t23-/m1/s1. The summed E-state index contributed by atoms with van der Waals surface area (Å²) in [5, 5.41) is 1.12. The number of hydrogen-bond acceptors (Lipinski definition) is 2. The van der Waals surface area contributed by atoms with Crippen molar-refractivity contribution in [2.45, 2.75) is 18.9 Å². The maximum Gasteiger partial charge on any atom is 0.264 e. The van der Waals surface area contributed by atoms with Crippen LogP contribution in [0.1, 0.15) is 23.7 Å². The van der Waals surface area contributed by atoms with E-state index < -0.39 is 5.54 Å². The van der Waals surface area contributed by atoms with Crippen LogP contribution in [0.5, 0.6) is 0 Å². The molecule has 5 heteroatoms. The van der Waals surface area contributed by atoms with E-state index in [1.165, 1.54) is 0 Å². The molecule has 5 rings (SSSR count). The molecule has 1 N–H and O–H groups in total. The molecule has 2 aliphatic heterocycles. The summed E-state index contributed by atoms with van der Waals surface area (Å²) in [6.07, 6.45) is 2.44. The van der Waals surface area contributed by atoms with Crippen molar-refractivity contribution in [1.82, 2.24) is 9.88 Å². The molecule has 2 aliphatic rings. The second kappa shape index (κ2) is 5.83. The van der Waals surface area contributed by atoms with Crippen LogP contribution >= 0.6 is 0 Å². The lowest BCUT2D eigenvalue weighted by molar-refractivity contribution is -0.143. The zero-order valence-corrected chi connectivity index (χ0v) is 15.7. The summed E-state index contributed by atoms with van der Waals surface area (Å²) in [5.41, 5.74) is 3.47. The van der Waals surface area contributed by atoms with Crippen molar-refractivity contribution in [2.75, 3.05) is 18.0 Å². The molecule has 0 aliphatic carbocycles. The van der Waals surface area contributed by atoms with Gasteiger partial charge in [0.25, 0.3) is 5.91 Å². The Hall–Kier alpha value is -3.34. The normalized spacial score (nSPS) is 20.5. The van der Waals surface area contributed by atoms with Crippen LogP contribution < -0.4 is 4.90 Å². The lowest BCUT2D eigenvalue weighted by atomic mass is 9.80. The summed E-state index contributed by atoms with van der Waals surface area (Å²) in [6.45, 7) is 6.27.